The van der Waals surface area contributed by atoms with Crippen molar-refractivity contribution in [1.82, 2.24) is 10.2 Å². The smallest absolute Gasteiger partial charge is 0.169 e. The van der Waals surface area contributed by atoms with Crippen molar-refractivity contribution in [2.24, 2.45) is 0 Å². The highest BCUT2D eigenvalue weighted by atomic mass is 127. The number of nitrogens with zero attached hydrogens (tertiary/aromatic N) is 4. The third-order valence-electron chi connectivity index (χ3n) is 4.42. The van der Waals surface area contributed by atoms with Crippen LogP contribution in [0.2, 0.25) is 0 Å². The van der Waals surface area contributed by atoms with Crippen LogP contribution in [-0.2, 0) is 0 Å². The minimum Gasteiger partial charge on any atom is -0.489 e. The van der Waals surface area contributed by atoms with Crippen molar-refractivity contribution in [3.05, 3.63) is 44.7 Å². The molecule has 24 heavy (non-hydrogen) atoms. The molecule has 3 rings (SSSR count). The molecular formula is C18H19IN4O. The molecule has 5 nitrogen and oxygen atoms in total. The van der Waals surface area contributed by atoms with Crippen LogP contribution in [0.15, 0.2) is 24.3 Å². The maximum atomic E-state index is 9.46. The Labute approximate surface area is 155 Å². The lowest BCUT2D eigenvalue weighted by molar-refractivity contribution is 0.169. The Morgan fingerprint density at radius 2 is 1.92 bits per heavy atom. The van der Waals surface area contributed by atoms with Gasteiger partial charge in [0.2, 0.25) is 0 Å². The maximum Gasteiger partial charge on any atom is 0.169 e. The summed E-state index contributed by atoms with van der Waals surface area (Å²) in [5.74, 6) is 1.65. The highest BCUT2D eigenvalue weighted by molar-refractivity contribution is 14.1. The number of aryl methyl sites for hydroxylation is 1. The fourth-order valence-electron chi connectivity index (χ4n) is 2.86. The largest absolute Gasteiger partial charge is 0.489 e. The van der Waals surface area contributed by atoms with Crippen LogP contribution in [-0.4, -0.2) is 29.4 Å². The van der Waals surface area contributed by atoms with E-state index in [-0.39, 0.29) is 6.10 Å². The summed E-state index contributed by atoms with van der Waals surface area (Å²) in [4.78, 5) is 2.15. The fourth-order valence-corrected chi connectivity index (χ4v) is 3.37. The molecule has 0 unspecified atom stereocenters. The molecule has 2 heterocycles. The zero-order valence-corrected chi connectivity index (χ0v) is 15.9. The van der Waals surface area contributed by atoms with Crippen LogP contribution in [0.3, 0.4) is 0 Å². The van der Waals surface area contributed by atoms with Gasteiger partial charge in [-0.25, -0.2) is 0 Å². The van der Waals surface area contributed by atoms with Crippen LogP contribution in [0.25, 0.3) is 0 Å². The average Bonchev–Trinajstić information content (AvgIpc) is 2.60. The Kier molecular flexibility index (Phi) is 5.19. The predicted octanol–water partition coefficient (Wildman–Crippen LogP) is 3.62. The van der Waals surface area contributed by atoms with Gasteiger partial charge in [-0.15, -0.1) is 5.10 Å². The normalized spacial score (nSPS) is 15.2. The molecule has 0 radical (unpaired) electrons. The Balaban J connectivity index is 1.69. The van der Waals surface area contributed by atoms with Crippen LogP contribution in [0, 0.1) is 28.7 Å². The van der Waals surface area contributed by atoms with Crippen molar-refractivity contribution >= 4 is 28.4 Å². The number of nitriles is 1. The fraction of sp³-hybridized carbons (Fsp3) is 0.389. The van der Waals surface area contributed by atoms with E-state index < -0.39 is 0 Å². The molecule has 1 aromatic carbocycles. The number of anilines is 1. The van der Waals surface area contributed by atoms with Gasteiger partial charge < -0.3 is 9.64 Å². The quantitative estimate of drug-likeness (QED) is 0.691. The van der Waals surface area contributed by atoms with E-state index in [2.05, 4.69) is 49.8 Å². The Morgan fingerprint density at radius 1 is 1.21 bits per heavy atom. The molecular weight excluding hydrogens is 415 g/mol. The molecule has 0 N–H and O–H groups in total. The van der Waals surface area contributed by atoms with Gasteiger partial charge in [0, 0.05) is 25.9 Å². The molecule has 0 saturated carbocycles. The van der Waals surface area contributed by atoms with Crippen LogP contribution in [0.5, 0.6) is 5.75 Å². The summed E-state index contributed by atoms with van der Waals surface area (Å²) in [6.07, 6.45) is 2.01. The average molecular weight is 434 g/mol. The zero-order chi connectivity index (χ0) is 17.1. The number of hydrogen-bond acceptors (Lipinski definition) is 5. The second-order valence-corrected chi connectivity index (χ2v) is 7.12. The molecule has 1 aromatic heterocycles. The third-order valence-corrected chi connectivity index (χ3v) is 5.31. The van der Waals surface area contributed by atoms with Gasteiger partial charge in [-0.05, 0) is 54.1 Å². The number of para-hydroxylation sites is 1. The maximum absolute atomic E-state index is 9.46. The first-order chi connectivity index (χ1) is 11.6. The Morgan fingerprint density at radius 3 is 2.58 bits per heavy atom. The predicted molar refractivity (Wildman–Crippen MR) is 101 cm³/mol. The molecule has 0 bridgehead atoms. The molecule has 2 aromatic rings. The number of ether oxygens (including phenoxy) is 1. The lowest BCUT2D eigenvalue weighted by Gasteiger charge is -2.33. The molecule has 1 aliphatic heterocycles. The zero-order valence-electron chi connectivity index (χ0n) is 13.8. The van der Waals surface area contributed by atoms with Crippen molar-refractivity contribution in [2.45, 2.75) is 32.8 Å². The molecule has 124 valence electrons. The van der Waals surface area contributed by atoms with Gasteiger partial charge in [0.15, 0.2) is 5.82 Å². The van der Waals surface area contributed by atoms with Crippen molar-refractivity contribution < 1.29 is 4.74 Å². The molecule has 1 fully saturated rings. The molecule has 1 aliphatic rings. The van der Waals surface area contributed by atoms with Crippen LogP contribution < -0.4 is 9.64 Å². The van der Waals surface area contributed by atoms with Gasteiger partial charge in [-0.1, -0.05) is 12.1 Å². The van der Waals surface area contributed by atoms with Gasteiger partial charge in [0.1, 0.15) is 23.5 Å². The lowest BCUT2D eigenvalue weighted by atomic mass is 10.1. The van der Waals surface area contributed by atoms with Crippen molar-refractivity contribution in [3.8, 4) is 11.8 Å². The molecule has 0 aliphatic carbocycles. The van der Waals surface area contributed by atoms with E-state index >= 15 is 0 Å². The summed E-state index contributed by atoms with van der Waals surface area (Å²) in [7, 11) is 0. The van der Waals surface area contributed by atoms with E-state index in [9.17, 15) is 5.26 Å². The highest BCUT2D eigenvalue weighted by Crippen LogP contribution is 2.27. The molecule has 0 atom stereocenters. The van der Waals surface area contributed by atoms with Gasteiger partial charge in [-0.2, -0.15) is 10.4 Å². The first kappa shape index (κ1) is 17.0. The van der Waals surface area contributed by atoms with E-state index in [0.29, 0.717) is 11.4 Å². The van der Waals surface area contributed by atoms with Gasteiger partial charge in [0.25, 0.3) is 0 Å². The summed E-state index contributed by atoms with van der Waals surface area (Å²) in [5.41, 5.74) is 2.37. The summed E-state index contributed by atoms with van der Waals surface area (Å²) < 4.78 is 7.26. The van der Waals surface area contributed by atoms with Crippen molar-refractivity contribution in [3.63, 3.8) is 0 Å². The van der Waals surface area contributed by atoms with Gasteiger partial charge in [0.05, 0.1) is 9.26 Å². The number of aromatic nitrogens is 2. The number of hydrogen-bond donors (Lipinski definition) is 0. The van der Waals surface area contributed by atoms with E-state index in [0.717, 1.165) is 46.5 Å². The number of piperidine rings is 1. The van der Waals surface area contributed by atoms with E-state index in [1.54, 1.807) is 0 Å². The lowest BCUT2D eigenvalue weighted by Crippen LogP contribution is -2.39. The number of halogens is 1. The Hall–Kier alpha value is -1.88. The minimum absolute atomic E-state index is 0.196. The van der Waals surface area contributed by atoms with Crippen LogP contribution in [0.4, 0.5) is 5.82 Å². The number of rotatable bonds is 3. The SMILES string of the molecule is Cc1nnc(N2CCC(Oc3ccccc3I)CC2)c(C#N)c1C. The van der Waals surface area contributed by atoms with E-state index in [1.807, 2.05) is 32.0 Å². The third kappa shape index (κ3) is 3.46. The van der Waals surface area contributed by atoms with Crippen molar-refractivity contribution in [1.29, 1.82) is 5.26 Å². The second-order valence-electron chi connectivity index (χ2n) is 5.96. The van der Waals surface area contributed by atoms with E-state index in [1.165, 1.54) is 0 Å². The van der Waals surface area contributed by atoms with Crippen LogP contribution >= 0.6 is 22.6 Å². The summed E-state index contributed by atoms with van der Waals surface area (Å²) >= 11 is 2.30. The highest BCUT2D eigenvalue weighted by Gasteiger charge is 2.25. The Bertz CT molecular complexity index is 779. The molecule has 0 spiro atoms. The molecule has 1 saturated heterocycles. The molecule has 6 heteroatoms. The van der Waals surface area contributed by atoms with E-state index in [4.69, 9.17) is 4.74 Å². The molecule has 0 amide bonds. The summed E-state index contributed by atoms with van der Waals surface area (Å²) in [6, 6.07) is 10.4. The van der Waals surface area contributed by atoms with Crippen LogP contribution in [0.1, 0.15) is 29.7 Å². The second kappa shape index (κ2) is 7.34. The van der Waals surface area contributed by atoms with Gasteiger partial charge >= 0.3 is 0 Å². The topological polar surface area (TPSA) is 62.0 Å². The monoisotopic (exact) mass is 434 g/mol. The first-order valence-corrected chi connectivity index (χ1v) is 9.08. The standard InChI is InChI=1S/C18H19IN4O/c1-12-13(2)21-22-18(15(12)11-20)23-9-7-14(8-10-23)24-17-6-4-3-5-16(17)19/h3-6,14H,7-10H2,1-2H3. The van der Waals surface area contributed by atoms with Gasteiger partial charge in [-0.3, -0.25) is 0 Å². The summed E-state index contributed by atoms with van der Waals surface area (Å²) in [5, 5.41) is 17.9. The minimum atomic E-state index is 0.196. The first-order valence-electron chi connectivity index (χ1n) is 8.00. The van der Waals surface area contributed by atoms with Crippen molar-refractivity contribution in [2.75, 3.05) is 18.0 Å². The summed E-state index contributed by atoms with van der Waals surface area (Å²) in [6.45, 7) is 5.45. The number of benzene rings is 1.